The van der Waals surface area contributed by atoms with E-state index < -0.39 is 7.72 Å². The predicted molar refractivity (Wildman–Crippen MR) is 92.6 cm³/mol. The van der Waals surface area contributed by atoms with Gasteiger partial charge in [-0.05, 0) is 0 Å². The summed E-state index contributed by atoms with van der Waals surface area (Å²) in [6, 6.07) is 14.2. The van der Waals surface area contributed by atoms with Gasteiger partial charge in [-0.15, -0.1) is 0 Å². The van der Waals surface area contributed by atoms with Crippen LogP contribution in [0.5, 0.6) is 0 Å². The van der Waals surface area contributed by atoms with Crippen molar-refractivity contribution in [3.63, 3.8) is 0 Å². The van der Waals surface area contributed by atoms with E-state index in [0.29, 0.717) is 12.8 Å². The second kappa shape index (κ2) is 6.70. The van der Waals surface area contributed by atoms with Crippen molar-refractivity contribution in [1.82, 2.24) is 0 Å². The van der Waals surface area contributed by atoms with Gasteiger partial charge in [0.1, 0.15) is 0 Å². The van der Waals surface area contributed by atoms with E-state index in [-0.39, 0.29) is 0 Å². The van der Waals surface area contributed by atoms with Crippen molar-refractivity contribution >= 4 is 13.0 Å². The third-order valence-electron chi connectivity index (χ3n) is 3.86. The van der Waals surface area contributed by atoms with E-state index in [1.54, 1.807) is 0 Å². The molecule has 2 rings (SSSR count). The fraction of sp³-hybridized carbons (Fsp3) is 0.333. The van der Waals surface area contributed by atoms with Crippen molar-refractivity contribution in [2.75, 3.05) is 6.61 Å². The number of hydrogen-bond donors (Lipinski definition) is 1. The third kappa shape index (κ3) is 3.71. The fourth-order valence-corrected chi connectivity index (χ4v) is 5.60. The molecule has 0 atom stereocenters. The van der Waals surface area contributed by atoms with Crippen LogP contribution in [-0.4, -0.2) is 11.5 Å². The summed E-state index contributed by atoms with van der Waals surface area (Å²) in [6.45, 7) is 8.80. The van der Waals surface area contributed by atoms with Crippen molar-refractivity contribution in [2.24, 2.45) is 0 Å². The molecule has 0 aliphatic rings. The minimum absolute atomic E-state index is 0.529. The molecule has 2 nitrogen and oxygen atoms in total. The maximum atomic E-state index is 11.2. The van der Waals surface area contributed by atoms with Crippen LogP contribution in [0.2, 0.25) is 0 Å². The Morgan fingerprint density at radius 2 is 1.57 bits per heavy atom. The molecule has 0 radical (unpaired) electrons. The summed E-state index contributed by atoms with van der Waals surface area (Å²) >= 11 is 0. The fourth-order valence-electron chi connectivity index (χ4n) is 2.90. The van der Waals surface area contributed by atoms with Gasteiger partial charge in [-0.25, -0.2) is 0 Å². The van der Waals surface area contributed by atoms with Crippen LogP contribution < -0.4 is 5.30 Å². The van der Waals surface area contributed by atoms with Gasteiger partial charge in [0.05, 0.1) is 0 Å². The molecule has 0 spiro atoms. The average Bonchev–Trinajstić information content (AvgIpc) is 2.44. The molecule has 0 aliphatic heterocycles. The molecule has 0 bridgehead atoms. The number of hydrogen-bond acceptors (Lipinski definition) is 2. The second-order valence-corrected chi connectivity index (χ2v) is 8.43. The van der Waals surface area contributed by atoms with Crippen LogP contribution >= 0.6 is 7.72 Å². The van der Waals surface area contributed by atoms with E-state index in [2.05, 4.69) is 32.9 Å². The number of aryl methyl sites for hydroxylation is 3. The van der Waals surface area contributed by atoms with Gasteiger partial charge in [0.2, 0.25) is 0 Å². The summed E-state index contributed by atoms with van der Waals surface area (Å²) in [6.07, 6.45) is 0.600. The molecule has 0 fully saturated rings. The molecule has 0 aromatic heterocycles. The number of rotatable bonds is 5. The maximum absolute atomic E-state index is 11.2. The van der Waals surface area contributed by atoms with Crippen LogP contribution in [0.1, 0.15) is 29.2 Å². The quantitative estimate of drug-likeness (QED) is 0.845. The van der Waals surface area contributed by atoms with E-state index in [1.807, 2.05) is 37.3 Å². The summed E-state index contributed by atoms with van der Waals surface area (Å²) in [5.74, 6) is 0. The monoisotopic (exact) mass is 304 g/mol. The average molecular weight is 304 g/mol. The molecular weight excluding hydrogens is 279 g/mol. The summed E-state index contributed by atoms with van der Waals surface area (Å²) in [4.78, 5) is 11.2. The van der Waals surface area contributed by atoms with Gasteiger partial charge in [-0.1, -0.05) is 0 Å². The van der Waals surface area contributed by atoms with Crippen molar-refractivity contribution in [1.29, 1.82) is 0 Å². The molecule has 2 aromatic carbocycles. The molecule has 0 unspecified atom stereocenters. The van der Waals surface area contributed by atoms with Gasteiger partial charge < -0.3 is 0 Å². The van der Waals surface area contributed by atoms with E-state index >= 15 is 0 Å². The summed E-state index contributed by atoms with van der Waals surface area (Å²) in [5, 5.41) is 0.936. The molecule has 2 aromatic rings. The van der Waals surface area contributed by atoms with Crippen LogP contribution in [0.4, 0.5) is 0 Å². The Morgan fingerprint density at radius 1 is 1.00 bits per heavy atom. The van der Waals surface area contributed by atoms with E-state index in [0.717, 1.165) is 5.30 Å². The Balaban J connectivity index is 2.42. The molecule has 0 saturated heterocycles. The topological polar surface area (TPSA) is 29.5 Å². The van der Waals surface area contributed by atoms with Crippen LogP contribution in [0.25, 0.3) is 0 Å². The molecule has 0 amide bonds. The molecule has 0 heterocycles. The van der Waals surface area contributed by atoms with Crippen LogP contribution in [-0.2, 0) is 10.7 Å². The van der Waals surface area contributed by atoms with Gasteiger partial charge in [0, 0.05) is 0 Å². The van der Waals surface area contributed by atoms with Crippen LogP contribution in [0.3, 0.4) is 0 Å². The first-order valence-corrected chi connectivity index (χ1v) is 9.51. The summed E-state index contributed by atoms with van der Waals surface area (Å²) < 4.78 is 5.85. The van der Waals surface area contributed by atoms with Gasteiger partial charge in [-0.3, -0.25) is 0 Å². The summed E-state index contributed by atoms with van der Waals surface area (Å²) in [7, 11) is -2.95. The zero-order chi connectivity index (χ0) is 15.5. The second-order valence-electron chi connectivity index (χ2n) is 5.64. The van der Waals surface area contributed by atoms with Crippen LogP contribution in [0.15, 0.2) is 42.5 Å². The standard InChI is InChI=1S/C18H25O2P/c1-5-20-21(19,17-9-7-6-8-10-17)13-18-15(3)11-14(2)12-16(18)4/h6-12,19,21H,5,13H2,1-4H3. The first-order valence-electron chi connectivity index (χ1n) is 7.45. The Kier molecular flexibility index (Phi) is 5.16. The third-order valence-corrected chi connectivity index (χ3v) is 6.70. The van der Waals surface area contributed by atoms with Crippen LogP contribution in [0, 0.1) is 20.8 Å². The Labute approximate surface area is 128 Å². The van der Waals surface area contributed by atoms with Crippen molar-refractivity contribution in [2.45, 2.75) is 33.9 Å². The molecule has 0 aliphatic carbocycles. The molecule has 0 saturated carbocycles. The van der Waals surface area contributed by atoms with Gasteiger partial charge >= 0.3 is 128 Å². The SMILES string of the molecule is CCO[PH](O)(Cc1c(C)cc(C)cc1C)c1ccccc1. The summed E-state index contributed by atoms with van der Waals surface area (Å²) in [5.41, 5.74) is 4.94. The van der Waals surface area contributed by atoms with Gasteiger partial charge in [-0.2, -0.15) is 0 Å². The van der Waals surface area contributed by atoms with Gasteiger partial charge in [0.25, 0.3) is 0 Å². The predicted octanol–water partition coefficient (Wildman–Crippen LogP) is 4.05. The molecule has 114 valence electrons. The zero-order valence-electron chi connectivity index (χ0n) is 13.3. The normalized spacial score (nSPS) is 12.4. The zero-order valence-corrected chi connectivity index (χ0v) is 14.3. The number of benzene rings is 2. The molecule has 3 heteroatoms. The molecular formula is C18H25O2P. The van der Waals surface area contributed by atoms with E-state index in [4.69, 9.17) is 4.52 Å². The molecule has 21 heavy (non-hydrogen) atoms. The van der Waals surface area contributed by atoms with Crippen molar-refractivity contribution < 1.29 is 9.42 Å². The van der Waals surface area contributed by atoms with Gasteiger partial charge in [0.15, 0.2) is 0 Å². The molecule has 1 N–H and O–H groups in total. The van der Waals surface area contributed by atoms with Crippen molar-refractivity contribution in [3.8, 4) is 0 Å². The van der Waals surface area contributed by atoms with E-state index in [9.17, 15) is 4.89 Å². The Bertz CT molecular complexity index is 587. The Hall–Kier alpha value is -1.21. The first-order chi connectivity index (χ1) is 9.96. The Morgan fingerprint density at radius 3 is 2.10 bits per heavy atom. The minimum atomic E-state index is -2.95. The van der Waals surface area contributed by atoms with E-state index in [1.165, 1.54) is 22.3 Å². The first kappa shape index (κ1) is 16.2. The van der Waals surface area contributed by atoms with Crippen molar-refractivity contribution in [3.05, 3.63) is 64.7 Å².